The number of amides is 3. The average molecular weight is 534 g/mol. The van der Waals surface area contributed by atoms with Gasteiger partial charge in [-0.05, 0) is 67.6 Å². The maximum Gasteiger partial charge on any atom is 0.287 e. The number of benzene rings is 2. The highest BCUT2D eigenvalue weighted by molar-refractivity contribution is 5.95. The second-order valence-electron chi connectivity index (χ2n) is 10.8. The Bertz CT molecular complexity index is 1310. The Balaban J connectivity index is 1.69. The van der Waals surface area contributed by atoms with E-state index in [-0.39, 0.29) is 31.5 Å². The number of hydrogen-bond donors (Lipinski definition) is 2. The number of carbonyl (C=O) groups is 3. The number of nitrogens with one attached hydrogen (secondary N) is 2. The van der Waals surface area contributed by atoms with Gasteiger partial charge in [-0.15, -0.1) is 0 Å². The Labute approximate surface area is 228 Å². The maximum absolute atomic E-state index is 13.8. The molecular formula is C30H35N3O6. The van der Waals surface area contributed by atoms with Crippen LogP contribution in [-0.2, 0) is 16.1 Å². The lowest BCUT2D eigenvalue weighted by atomic mass is 9.96. The predicted octanol–water partition coefficient (Wildman–Crippen LogP) is 4.55. The first-order valence-electron chi connectivity index (χ1n) is 12.9. The normalized spacial score (nSPS) is 13.2. The molecule has 0 aliphatic carbocycles. The van der Waals surface area contributed by atoms with Crippen molar-refractivity contribution in [1.29, 1.82) is 0 Å². The third-order valence-electron chi connectivity index (χ3n) is 6.23. The van der Waals surface area contributed by atoms with E-state index >= 15 is 0 Å². The summed E-state index contributed by atoms with van der Waals surface area (Å²) in [7, 11) is 0. The van der Waals surface area contributed by atoms with Crippen LogP contribution in [0.4, 0.5) is 0 Å². The first-order valence-corrected chi connectivity index (χ1v) is 12.9. The van der Waals surface area contributed by atoms with Crippen LogP contribution >= 0.6 is 0 Å². The van der Waals surface area contributed by atoms with E-state index < -0.39 is 23.4 Å². The Morgan fingerprint density at radius 2 is 1.64 bits per heavy atom. The van der Waals surface area contributed by atoms with Gasteiger partial charge in [0.05, 0.1) is 12.8 Å². The lowest BCUT2D eigenvalue weighted by Crippen LogP contribution is -2.50. The van der Waals surface area contributed by atoms with Crippen LogP contribution in [0.15, 0.2) is 65.3 Å². The van der Waals surface area contributed by atoms with E-state index in [9.17, 15) is 14.4 Å². The van der Waals surface area contributed by atoms with E-state index in [1.165, 1.54) is 17.2 Å². The summed E-state index contributed by atoms with van der Waals surface area (Å²) in [6, 6.07) is 15.3. The van der Waals surface area contributed by atoms with E-state index in [1.54, 1.807) is 18.2 Å². The highest BCUT2D eigenvalue weighted by Crippen LogP contribution is 2.34. The molecule has 0 spiro atoms. The van der Waals surface area contributed by atoms with Crippen LogP contribution in [0.1, 0.15) is 73.8 Å². The van der Waals surface area contributed by atoms with Crippen molar-refractivity contribution in [2.24, 2.45) is 0 Å². The van der Waals surface area contributed by atoms with E-state index in [4.69, 9.17) is 13.9 Å². The molecule has 1 aliphatic rings. The molecule has 1 aliphatic heterocycles. The average Bonchev–Trinajstić information content (AvgIpc) is 3.58. The molecule has 9 nitrogen and oxygen atoms in total. The van der Waals surface area contributed by atoms with Crippen LogP contribution in [0, 0.1) is 0 Å². The molecule has 0 bridgehead atoms. The molecular weight excluding hydrogens is 498 g/mol. The molecule has 39 heavy (non-hydrogen) atoms. The number of carbonyl (C=O) groups excluding carboxylic acids is 3. The quantitative estimate of drug-likeness (QED) is 0.418. The molecule has 0 saturated carbocycles. The zero-order valence-electron chi connectivity index (χ0n) is 22.9. The molecule has 3 aromatic rings. The maximum atomic E-state index is 13.8. The van der Waals surface area contributed by atoms with E-state index in [1.807, 2.05) is 51.1 Å². The number of nitrogens with zero attached hydrogens (tertiary/aromatic N) is 1. The van der Waals surface area contributed by atoms with Crippen LogP contribution in [0.25, 0.3) is 0 Å². The molecule has 206 valence electrons. The zero-order chi connectivity index (χ0) is 28.2. The summed E-state index contributed by atoms with van der Waals surface area (Å²) in [5.74, 6) is 0.311. The second-order valence-corrected chi connectivity index (χ2v) is 10.8. The van der Waals surface area contributed by atoms with Gasteiger partial charge in [0.15, 0.2) is 17.3 Å². The monoisotopic (exact) mass is 533 g/mol. The van der Waals surface area contributed by atoms with Gasteiger partial charge in [0.25, 0.3) is 5.91 Å². The molecule has 0 unspecified atom stereocenters. The zero-order valence-corrected chi connectivity index (χ0v) is 22.9. The minimum Gasteiger partial charge on any atom is -0.459 e. The van der Waals surface area contributed by atoms with Gasteiger partial charge in [-0.25, -0.2) is 0 Å². The van der Waals surface area contributed by atoms with Gasteiger partial charge in [0.1, 0.15) is 6.04 Å². The van der Waals surface area contributed by atoms with Crippen LogP contribution in [0.3, 0.4) is 0 Å². The number of fused-ring (bicyclic) bond motifs is 1. The standard InChI is InChI=1S/C30H35N3O6/c1-19(2)21-9-11-22(12-10-21)27(29(36)32-30(3,4)5)33(17-20-8-13-23-25(15-20)39-18-38-23)26(34)16-31-28(35)24-7-6-14-37-24/h6-15,19,27H,16-18H2,1-5H3,(H,31,35)(H,32,36)/t27-/m1/s1. The Kier molecular flexibility index (Phi) is 8.28. The van der Waals surface area contributed by atoms with Gasteiger partial charge in [0, 0.05) is 12.1 Å². The van der Waals surface area contributed by atoms with Crippen molar-refractivity contribution in [3.8, 4) is 11.5 Å². The minimum absolute atomic E-state index is 0.0939. The summed E-state index contributed by atoms with van der Waals surface area (Å²) in [5.41, 5.74) is 1.99. The Hall–Kier alpha value is -4.27. The molecule has 4 rings (SSSR count). The molecule has 2 N–H and O–H groups in total. The first kappa shape index (κ1) is 27.8. The molecule has 0 fully saturated rings. The summed E-state index contributed by atoms with van der Waals surface area (Å²) >= 11 is 0. The number of ether oxygens (including phenoxy) is 2. The third kappa shape index (κ3) is 6.98. The number of hydrogen-bond acceptors (Lipinski definition) is 6. The van der Waals surface area contributed by atoms with Crippen molar-refractivity contribution in [2.45, 2.75) is 58.7 Å². The van der Waals surface area contributed by atoms with E-state index in [2.05, 4.69) is 24.5 Å². The number of furan rings is 1. The molecule has 0 saturated heterocycles. The molecule has 9 heteroatoms. The number of rotatable bonds is 9. The molecule has 1 aromatic heterocycles. The summed E-state index contributed by atoms with van der Waals surface area (Å²) < 4.78 is 16.1. The highest BCUT2D eigenvalue weighted by atomic mass is 16.7. The smallest absolute Gasteiger partial charge is 0.287 e. The van der Waals surface area contributed by atoms with Crippen LogP contribution in [0.5, 0.6) is 11.5 Å². The fourth-order valence-electron chi connectivity index (χ4n) is 4.29. The van der Waals surface area contributed by atoms with Crippen LogP contribution in [0.2, 0.25) is 0 Å². The van der Waals surface area contributed by atoms with Crippen molar-refractivity contribution < 1.29 is 28.3 Å². The van der Waals surface area contributed by atoms with Gasteiger partial charge >= 0.3 is 0 Å². The first-order chi connectivity index (χ1) is 18.5. The summed E-state index contributed by atoms with van der Waals surface area (Å²) in [4.78, 5) is 41.5. The van der Waals surface area contributed by atoms with E-state index in [0.29, 0.717) is 23.0 Å². The van der Waals surface area contributed by atoms with Crippen molar-refractivity contribution in [3.63, 3.8) is 0 Å². The molecule has 2 heterocycles. The van der Waals surface area contributed by atoms with Crippen molar-refractivity contribution >= 4 is 17.7 Å². The second kappa shape index (κ2) is 11.6. The summed E-state index contributed by atoms with van der Waals surface area (Å²) in [6.45, 7) is 9.74. The predicted molar refractivity (Wildman–Crippen MR) is 145 cm³/mol. The lowest BCUT2D eigenvalue weighted by molar-refractivity contribution is -0.141. The molecule has 0 radical (unpaired) electrons. The Morgan fingerprint density at radius 1 is 0.949 bits per heavy atom. The molecule has 2 aromatic carbocycles. The van der Waals surface area contributed by atoms with Gasteiger partial charge in [-0.3, -0.25) is 14.4 Å². The topological polar surface area (TPSA) is 110 Å². The van der Waals surface area contributed by atoms with Crippen molar-refractivity contribution in [2.75, 3.05) is 13.3 Å². The fourth-order valence-corrected chi connectivity index (χ4v) is 4.29. The minimum atomic E-state index is -0.955. The summed E-state index contributed by atoms with van der Waals surface area (Å²) in [5, 5.41) is 5.64. The Morgan fingerprint density at radius 3 is 2.28 bits per heavy atom. The van der Waals surface area contributed by atoms with Gasteiger partial charge in [-0.1, -0.05) is 44.2 Å². The molecule has 3 amide bonds. The fraction of sp³-hybridized carbons (Fsp3) is 0.367. The van der Waals surface area contributed by atoms with Gasteiger partial charge < -0.3 is 29.4 Å². The van der Waals surface area contributed by atoms with Crippen molar-refractivity contribution in [1.82, 2.24) is 15.5 Å². The van der Waals surface area contributed by atoms with Crippen LogP contribution in [-0.4, -0.2) is 41.5 Å². The van der Waals surface area contributed by atoms with E-state index in [0.717, 1.165) is 11.1 Å². The largest absolute Gasteiger partial charge is 0.459 e. The third-order valence-corrected chi connectivity index (χ3v) is 6.23. The van der Waals surface area contributed by atoms with Crippen LogP contribution < -0.4 is 20.1 Å². The highest BCUT2D eigenvalue weighted by Gasteiger charge is 2.34. The van der Waals surface area contributed by atoms with Crippen molar-refractivity contribution in [3.05, 3.63) is 83.3 Å². The SMILES string of the molecule is CC(C)c1ccc([C@H](C(=O)NC(C)(C)C)N(Cc2ccc3c(c2)OCO3)C(=O)CNC(=O)c2ccco2)cc1. The summed E-state index contributed by atoms with van der Waals surface area (Å²) in [6.07, 6.45) is 1.39. The van der Waals surface area contributed by atoms with Gasteiger partial charge in [-0.2, -0.15) is 0 Å². The van der Waals surface area contributed by atoms with Gasteiger partial charge in [0.2, 0.25) is 18.6 Å². The lowest BCUT2D eigenvalue weighted by Gasteiger charge is -2.34. The molecule has 1 atom stereocenters.